The van der Waals surface area contributed by atoms with Crippen molar-refractivity contribution in [1.29, 1.82) is 0 Å². The SMILES string of the molecule is CCCCCCCCCCCOC(=O)O.CO[I+2]([O-])[O-]. The van der Waals surface area contributed by atoms with Gasteiger partial charge in [0.2, 0.25) is 0 Å². The summed E-state index contributed by atoms with van der Waals surface area (Å²) in [6, 6.07) is 0. The minimum absolute atomic E-state index is 0.352. The van der Waals surface area contributed by atoms with Crippen molar-refractivity contribution in [3.8, 4) is 0 Å². The molecule has 0 aliphatic heterocycles. The molecule has 7 heteroatoms. The normalized spacial score (nSPS) is 10.1. The summed E-state index contributed by atoms with van der Waals surface area (Å²) in [7, 11) is 1.14. The summed E-state index contributed by atoms with van der Waals surface area (Å²) in [4.78, 5) is 10.0. The van der Waals surface area contributed by atoms with Gasteiger partial charge in [-0.1, -0.05) is 58.3 Å². The van der Waals surface area contributed by atoms with Crippen LogP contribution in [0.4, 0.5) is 4.79 Å². The topological polar surface area (TPSA) is 102 Å². The molecule has 0 saturated heterocycles. The molecular weight excluding hydrogens is 379 g/mol. The standard InChI is InChI=1S/C12H24O3.CH3IO3/c1-2-3-4-5-6-7-8-9-10-11-15-12(13)14;1-5-2(3)4/h2-11H2,1H3,(H,13,14);1H3. The molecule has 1 N–H and O–H groups in total. The van der Waals surface area contributed by atoms with Crippen LogP contribution in [0.2, 0.25) is 0 Å². The van der Waals surface area contributed by atoms with Crippen LogP contribution in [0.3, 0.4) is 0 Å². The average Bonchev–Trinajstić information content (AvgIpc) is 2.41. The number of halogens is 1. The largest absolute Gasteiger partial charge is 0.506 e. The number of rotatable bonds is 11. The molecule has 0 spiro atoms. The zero-order valence-electron chi connectivity index (χ0n) is 12.4. The van der Waals surface area contributed by atoms with Crippen molar-refractivity contribution in [2.45, 2.75) is 64.7 Å². The molecule has 122 valence electrons. The van der Waals surface area contributed by atoms with Crippen molar-refractivity contribution in [2.24, 2.45) is 0 Å². The van der Waals surface area contributed by atoms with E-state index < -0.39 is 27.2 Å². The summed E-state index contributed by atoms with van der Waals surface area (Å²) < 4.78 is 26.8. The van der Waals surface area contributed by atoms with E-state index in [0.29, 0.717) is 6.61 Å². The number of carboxylic acid groups (broad SMARTS) is 1. The van der Waals surface area contributed by atoms with Crippen molar-refractivity contribution in [3.63, 3.8) is 0 Å². The second kappa shape index (κ2) is 18.9. The monoisotopic (exact) mass is 406 g/mol. The molecule has 0 aromatic carbocycles. The van der Waals surface area contributed by atoms with Crippen molar-refractivity contribution in [2.75, 3.05) is 13.7 Å². The highest BCUT2D eigenvalue weighted by Gasteiger charge is 2.01. The predicted octanol–water partition coefficient (Wildman–Crippen LogP) is -1.07. The highest BCUT2D eigenvalue weighted by molar-refractivity contribution is 5.56. The molecule has 6 nitrogen and oxygen atoms in total. The Labute approximate surface area is 130 Å². The second-order valence-corrected chi connectivity index (χ2v) is 6.25. The van der Waals surface area contributed by atoms with E-state index in [1.165, 1.54) is 44.9 Å². The molecule has 0 aliphatic carbocycles. The van der Waals surface area contributed by atoms with Crippen molar-refractivity contribution in [1.82, 2.24) is 0 Å². The Kier molecular flexibility index (Phi) is 20.9. The van der Waals surface area contributed by atoms with Gasteiger partial charge in [-0.25, -0.2) is 4.79 Å². The molecule has 0 fully saturated rings. The molecule has 0 atom stereocenters. The fraction of sp³-hybridized carbons (Fsp3) is 0.923. The molecule has 20 heavy (non-hydrogen) atoms. The van der Waals surface area contributed by atoms with Gasteiger partial charge in [-0.15, -0.1) is 0 Å². The molecular formula is C13H27IO6. The van der Waals surface area contributed by atoms with E-state index in [-0.39, 0.29) is 0 Å². The molecule has 0 aliphatic rings. The molecule has 0 heterocycles. The Morgan fingerprint density at radius 2 is 1.40 bits per heavy atom. The van der Waals surface area contributed by atoms with Crippen LogP contribution in [0.25, 0.3) is 0 Å². The number of hydrogen-bond donors (Lipinski definition) is 1. The van der Waals surface area contributed by atoms with Gasteiger partial charge in [0.15, 0.2) is 0 Å². The third-order valence-corrected chi connectivity index (χ3v) is 3.32. The number of unbranched alkanes of at least 4 members (excludes halogenated alkanes) is 8. The van der Waals surface area contributed by atoms with Crippen LogP contribution >= 0.6 is 0 Å². The van der Waals surface area contributed by atoms with E-state index in [1.54, 1.807) is 0 Å². The third-order valence-electron chi connectivity index (χ3n) is 2.60. The van der Waals surface area contributed by atoms with Crippen LogP contribution in [0.1, 0.15) is 64.7 Å². The van der Waals surface area contributed by atoms with Gasteiger partial charge >= 0.3 is 27.2 Å². The molecule has 0 rings (SSSR count). The summed E-state index contributed by atoms with van der Waals surface area (Å²) >= 11 is -3.28. The van der Waals surface area contributed by atoms with Crippen molar-refractivity contribution >= 4 is 6.16 Å². The minimum atomic E-state index is -3.28. The highest BCUT2D eigenvalue weighted by Crippen LogP contribution is 2.09. The molecule has 0 saturated carbocycles. The Bertz CT molecular complexity index is 201. The first-order valence-electron chi connectivity index (χ1n) is 7.00. The van der Waals surface area contributed by atoms with Gasteiger partial charge in [0.05, 0.1) is 6.61 Å². The van der Waals surface area contributed by atoms with Crippen molar-refractivity contribution in [3.05, 3.63) is 0 Å². The lowest BCUT2D eigenvalue weighted by Gasteiger charge is -2.01. The van der Waals surface area contributed by atoms with Gasteiger partial charge in [0, 0.05) is 0 Å². The summed E-state index contributed by atoms with van der Waals surface area (Å²) in [5, 5.41) is 8.21. The second-order valence-electron chi connectivity index (χ2n) is 4.29. The molecule has 0 unspecified atom stereocenters. The average molecular weight is 406 g/mol. The van der Waals surface area contributed by atoms with E-state index in [2.05, 4.69) is 14.7 Å². The maximum Gasteiger partial charge on any atom is 0.506 e. The summed E-state index contributed by atoms with van der Waals surface area (Å²) in [6.07, 6.45) is 9.94. The number of hydrogen-bond acceptors (Lipinski definition) is 5. The predicted molar refractivity (Wildman–Crippen MR) is 68.2 cm³/mol. The van der Waals surface area contributed by atoms with Crippen LogP contribution in [0.5, 0.6) is 0 Å². The third kappa shape index (κ3) is 26.4. The van der Waals surface area contributed by atoms with Crippen LogP contribution in [-0.4, -0.2) is 25.0 Å². The lowest BCUT2D eigenvalue weighted by atomic mass is 10.1. The van der Waals surface area contributed by atoms with Crippen LogP contribution < -0.4 is 27.9 Å². The zero-order valence-corrected chi connectivity index (χ0v) is 14.6. The van der Waals surface area contributed by atoms with Gasteiger partial charge in [-0.2, -0.15) is 0 Å². The molecule has 0 aromatic rings. The quantitative estimate of drug-likeness (QED) is 0.267. The van der Waals surface area contributed by atoms with Gasteiger partial charge in [0.25, 0.3) is 0 Å². The van der Waals surface area contributed by atoms with E-state index >= 15 is 0 Å². The Morgan fingerprint density at radius 1 is 1.00 bits per heavy atom. The van der Waals surface area contributed by atoms with E-state index in [9.17, 15) is 11.7 Å². The van der Waals surface area contributed by atoms with E-state index in [0.717, 1.165) is 20.0 Å². The van der Waals surface area contributed by atoms with Crippen molar-refractivity contribution < 1.29 is 45.6 Å². The van der Waals surface area contributed by atoms with Gasteiger partial charge in [-0.05, 0) is 9.49 Å². The first-order chi connectivity index (χ1) is 9.54. The summed E-state index contributed by atoms with van der Waals surface area (Å²) in [5.41, 5.74) is 0. The summed E-state index contributed by atoms with van der Waals surface area (Å²) in [5.74, 6) is 0. The first kappa shape index (κ1) is 22.2. The molecule has 0 amide bonds. The summed E-state index contributed by atoms with van der Waals surface area (Å²) in [6.45, 7) is 2.58. The van der Waals surface area contributed by atoms with Gasteiger partial charge < -0.3 is 16.7 Å². The maximum atomic E-state index is 10.0. The Morgan fingerprint density at radius 3 is 1.75 bits per heavy atom. The highest BCUT2D eigenvalue weighted by atomic mass is 127. The van der Waals surface area contributed by atoms with Gasteiger partial charge in [0.1, 0.15) is 7.11 Å². The van der Waals surface area contributed by atoms with Crippen LogP contribution in [0, 0.1) is 0 Å². The lowest BCUT2D eigenvalue weighted by Crippen LogP contribution is -3.98. The van der Waals surface area contributed by atoms with Crippen LogP contribution in [-0.2, 0) is 7.80 Å². The van der Waals surface area contributed by atoms with E-state index in [1.807, 2.05) is 0 Å². The first-order valence-corrected chi connectivity index (χ1v) is 9.64. The Hall–Kier alpha value is -0.120. The smallest absolute Gasteiger partial charge is 0.450 e. The molecule has 0 bridgehead atoms. The lowest BCUT2D eigenvalue weighted by molar-refractivity contribution is -1.63. The zero-order chi connectivity index (χ0) is 15.6. The number of carbonyl (C=O) groups is 1. The minimum Gasteiger partial charge on any atom is -0.450 e. The fourth-order valence-corrected chi connectivity index (χ4v) is 1.57. The fourth-order valence-electron chi connectivity index (χ4n) is 1.57. The maximum absolute atomic E-state index is 10.0. The van der Waals surface area contributed by atoms with E-state index in [4.69, 9.17) is 5.11 Å². The van der Waals surface area contributed by atoms with Gasteiger partial charge in [-0.3, -0.25) is 0 Å². The van der Waals surface area contributed by atoms with Crippen LogP contribution in [0.15, 0.2) is 0 Å². The Balaban J connectivity index is 0. The molecule has 0 radical (unpaired) electrons. The number of ether oxygens (including phenoxy) is 1. The molecule has 0 aromatic heterocycles.